The van der Waals surface area contributed by atoms with E-state index in [2.05, 4.69) is 43.5 Å². The number of nitrogens with one attached hydrogen (secondary N) is 2. The van der Waals surface area contributed by atoms with Gasteiger partial charge in [0.15, 0.2) is 0 Å². The normalized spacial score (nSPS) is 38.0. The maximum atomic E-state index is 14.9. The molecule has 0 radical (unpaired) electrons. The Balaban J connectivity index is 0.855. The average Bonchev–Trinajstić information content (AvgIpc) is 1.73. The predicted octanol–water partition coefficient (Wildman–Crippen LogP) is 10.7. The molecule has 4 aromatic carbocycles. The first-order valence-corrected chi connectivity index (χ1v) is 35.5. The predicted molar refractivity (Wildman–Crippen MR) is 330 cm³/mol. The van der Waals surface area contributed by atoms with E-state index in [4.69, 9.17) is 32.7 Å². The van der Waals surface area contributed by atoms with Gasteiger partial charge in [-0.25, -0.2) is 26.3 Å². The van der Waals surface area contributed by atoms with Crippen LogP contribution >= 0.6 is 23.2 Å². The van der Waals surface area contributed by atoms with Gasteiger partial charge in [0.05, 0.1) is 46.3 Å². The van der Waals surface area contributed by atoms with Crippen molar-refractivity contribution in [3.05, 3.63) is 116 Å². The molecule has 2 spiro atoms. The lowest BCUT2D eigenvalue weighted by molar-refractivity contribution is -0.0895. The number of fused-ring (bicyclic) bond motifs is 10. The Hall–Kier alpha value is -4.58. The van der Waals surface area contributed by atoms with Gasteiger partial charge in [-0.2, -0.15) is 0 Å². The number of carbonyl (C=O) groups excluding carboxylic acids is 2. The molecule has 6 aliphatic carbocycles. The van der Waals surface area contributed by atoms with E-state index in [0.29, 0.717) is 92.3 Å². The monoisotopic (exact) mass is 1240 g/mol. The summed E-state index contributed by atoms with van der Waals surface area (Å²) in [5.74, 6) is -0.370. The molecule has 4 aromatic rings. The molecule has 3 unspecified atom stereocenters. The van der Waals surface area contributed by atoms with Crippen LogP contribution in [0, 0.1) is 53.3 Å². The molecule has 4 saturated carbocycles. The minimum Gasteiger partial charge on any atom is -0.490 e. The molecule has 2 amide bonds. The van der Waals surface area contributed by atoms with E-state index in [1.165, 1.54) is 22.3 Å². The van der Waals surface area contributed by atoms with Crippen LogP contribution in [0.4, 0.5) is 11.4 Å². The Morgan fingerprint density at radius 1 is 0.612 bits per heavy atom. The van der Waals surface area contributed by atoms with Crippen LogP contribution < -0.4 is 28.7 Å². The van der Waals surface area contributed by atoms with Crippen molar-refractivity contribution in [2.75, 3.05) is 49.2 Å². The summed E-state index contributed by atoms with van der Waals surface area (Å²) in [4.78, 5) is 33.8. The first-order valence-electron chi connectivity index (χ1n) is 31.6. The third-order valence-electron chi connectivity index (χ3n) is 23.5. The van der Waals surface area contributed by atoms with E-state index in [1.807, 2.05) is 32.0 Å². The highest BCUT2D eigenvalue weighted by Crippen LogP contribution is 2.64. The number of amides is 2. The number of ether oxygens (including phenoxy) is 2. The lowest BCUT2D eigenvalue weighted by Gasteiger charge is -2.49. The molecule has 4 bridgehead atoms. The fourth-order valence-corrected chi connectivity index (χ4v) is 20.8. The highest BCUT2D eigenvalue weighted by atomic mass is 35.5. The zero-order valence-corrected chi connectivity index (χ0v) is 52.5. The van der Waals surface area contributed by atoms with Gasteiger partial charge in [0.2, 0.25) is 20.0 Å². The largest absolute Gasteiger partial charge is 0.490 e. The second-order valence-electron chi connectivity index (χ2n) is 28.6. The number of carbonyl (C=O) groups is 2. The summed E-state index contributed by atoms with van der Waals surface area (Å²) in [5, 5.41) is 25.6. The summed E-state index contributed by atoms with van der Waals surface area (Å²) in [6.45, 7) is 10.4. The van der Waals surface area contributed by atoms with Gasteiger partial charge < -0.3 is 29.5 Å². The van der Waals surface area contributed by atoms with E-state index in [0.717, 1.165) is 81.9 Å². The summed E-state index contributed by atoms with van der Waals surface area (Å²) in [7, 11) is -8.31. The number of hydrogen-bond donors (Lipinski definition) is 4. The average molecular weight is 1240 g/mol. The third kappa shape index (κ3) is 10.2. The van der Waals surface area contributed by atoms with Crippen LogP contribution in [-0.4, -0.2) is 100.0 Å². The fourth-order valence-electron chi connectivity index (χ4n) is 18.3. The second kappa shape index (κ2) is 21.0. The number of rotatable bonds is 2. The van der Waals surface area contributed by atoms with Crippen LogP contribution in [0.2, 0.25) is 10.0 Å². The molecule has 456 valence electrons. The second-order valence-corrected chi connectivity index (χ2v) is 33.7. The Morgan fingerprint density at radius 3 is 1.75 bits per heavy atom. The molecule has 0 saturated heterocycles. The Kier molecular flexibility index (Phi) is 14.4. The van der Waals surface area contributed by atoms with Crippen molar-refractivity contribution < 1.29 is 46.1 Å². The zero-order valence-electron chi connectivity index (χ0n) is 49.4. The molecule has 4 heterocycles. The van der Waals surface area contributed by atoms with Crippen molar-refractivity contribution >= 4 is 66.4 Å². The fraction of sp³-hybridized carbons (Fsp3) is 0.612. The first-order chi connectivity index (χ1) is 40.4. The smallest absolute Gasteiger partial charge is 0.264 e. The van der Waals surface area contributed by atoms with Crippen LogP contribution in [0.25, 0.3) is 0 Å². The number of anilines is 2. The summed E-state index contributed by atoms with van der Waals surface area (Å²) in [5.41, 5.74) is 4.34. The molecule has 10 aliphatic rings. The minimum atomic E-state index is -4.18. The number of halogens is 2. The molecule has 4 N–H and O–H groups in total. The standard InChI is InChI=1S/C67H82Cl2N4O10S2/c1-38-9-11-42-29-56(42)64(3,76)52-18-12-44(52)33-73-35-67(24-6-8-41-27-49(69)16-21-55(41)67)37-83-61-46(25-47(31-58(61)73)63(75)71-84(38,78)79)28-51-50-17-10-39(2)85(80,81)70-62(74)43-14-22-59-57(30-43)72(32-45-13-19-53(45)65(4,77)60(50)51)34-66(36-82-59)23-5-7-40-26-48(68)15-20-54(40)66/h14-16,20-22,25-27,30-31,38-39,42,44-45,50-53,56,60,76-77H,5-13,17-19,23-24,28-29,32-37H2,1-4H3,(H,70,74)(H,71,75)/t38-,39-,42?,44+,45+,50-,51?,52-,53-,56+,60?,64-,65+,66+,67+/m1/s1. The maximum Gasteiger partial charge on any atom is 0.264 e. The lowest BCUT2D eigenvalue weighted by Crippen LogP contribution is -2.53. The Bertz CT molecular complexity index is 3620. The maximum absolute atomic E-state index is 14.9. The lowest BCUT2D eigenvalue weighted by atomic mass is 9.62. The molecule has 4 fully saturated rings. The quantitative estimate of drug-likeness (QED) is 0.149. The van der Waals surface area contributed by atoms with Gasteiger partial charge in [0.1, 0.15) is 11.5 Å². The van der Waals surface area contributed by atoms with Crippen LogP contribution in [0.5, 0.6) is 11.5 Å². The molecular weight excluding hydrogens is 1160 g/mol. The molecule has 4 aliphatic heterocycles. The van der Waals surface area contributed by atoms with Crippen molar-refractivity contribution in [1.82, 2.24) is 9.44 Å². The van der Waals surface area contributed by atoms with E-state index < -0.39 is 64.4 Å². The Labute approximate surface area is 511 Å². The number of hydrogen-bond acceptors (Lipinski definition) is 12. The van der Waals surface area contributed by atoms with Crippen molar-refractivity contribution in [3.63, 3.8) is 0 Å². The molecule has 14 nitrogen and oxygen atoms in total. The zero-order chi connectivity index (χ0) is 59.3. The van der Waals surface area contributed by atoms with Crippen LogP contribution in [0.3, 0.4) is 0 Å². The minimum absolute atomic E-state index is 0.0383. The first kappa shape index (κ1) is 58.1. The summed E-state index contributed by atoms with van der Waals surface area (Å²) in [6.07, 6.45) is 11.8. The van der Waals surface area contributed by atoms with Gasteiger partial charge in [0, 0.05) is 58.2 Å². The van der Waals surface area contributed by atoms with E-state index in [1.54, 1.807) is 38.1 Å². The highest BCUT2D eigenvalue weighted by molar-refractivity contribution is 7.91. The van der Waals surface area contributed by atoms with Crippen molar-refractivity contribution in [2.45, 2.75) is 163 Å². The van der Waals surface area contributed by atoms with Crippen molar-refractivity contribution in [2.24, 2.45) is 53.3 Å². The van der Waals surface area contributed by atoms with Gasteiger partial charge in [-0.15, -0.1) is 0 Å². The SMILES string of the molecule is C[C@@H]1CCC2C[C@@H]2[C@](C)(O)[C@@H]2CC[C@H]2CN2C[C@@]3(CCCc4cc(Cl)ccc43)COc3c(CC4C5[C@@H]4CC[C@@H](C)S(=O)(=O)NC(=O)c4ccc6c(c4)N(C[C@@H]4CC[C@H]4[C@]5(C)O)C[C@@]4(CCCc5cc(Cl)ccc54)CO6)cc(cc32)C(=O)NS1(=O)=O. The van der Waals surface area contributed by atoms with Crippen LogP contribution in [0.15, 0.2) is 66.7 Å². The third-order valence-corrected chi connectivity index (χ3v) is 27.5. The number of sulfonamides is 2. The van der Waals surface area contributed by atoms with Gasteiger partial charge in [-0.1, -0.05) is 35.3 Å². The van der Waals surface area contributed by atoms with Crippen molar-refractivity contribution in [1.29, 1.82) is 0 Å². The number of benzene rings is 4. The molecule has 14 rings (SSSR count). The van der Waals surface area contributed by atoms with Crippen LogP contribution in [0.1, 0.15) is 160 Å². The topological polar surface area (TPSA) is 192 Å². The molecular formula is C67H82Cl2N4O10S2. The molecule has 18 heteroatoms. The van der Waals surface area contributed by atoms with E-state index in [9.17, 15) is 36.6 Å². The van der Waals surface area contributed by atoms with Gasteiger partial charge >= 0.3 is 0 Å². The number of aliphatic hydroxyl groups is 2. The van der Waals surface area contributed by atoms with Crippen molar-refractivity contribution in [3.8, 4) is 11.5 Å². The van der Waals surface area contributed by atoms with Gasteiger partial charge in [-0.3, -0.25) is 9.59 Å². The molecule has 85 heavy (non-hydrogen) atoms. The van der Waals surface area contributed by atoms with E-state index in [-0.39, 0.29) is 70.8 Å². The summed E-state index contributed by atoms with van der Waals surface area (Å²) >= 11 is 13.3. The molecule has 0 aromatic heterocycles. The Morgan fingerprint density at radius 2 is 1.15 bits per heavy atom. The van der Waals surface area contributed by atoms with E-state index >= 15 is 0 Å². The van der Waals surface area contributed by atoms with Gasteiger partial charge in [-0.05, 0) is 266 Å². The number of aryl methyl sites for hydroxylation is 2. The summed E-state index contributed by atoms with van der Waals surface area (Å²) in [6, 6.07) is 21.2. The highest BCUT2D eigenvalue weighted by Gasteiger charge is 2.63. The van der Waals surface area contributed by atoms with Crippen LogP contribution in [-0.2, 0) is 50.1 Å². The molecule has 15 atom stereocenters. The number of nitrogens with zero attached hydrogens (tertiary/aromatic N) is 2. The van der Waals surface area contributed by atoms with Gasteiger partial charge in [0.25, 0.3) is 11.8 Å². The summed E-state index contributed by atoms with van der Waals surface area (Å²) < 4.78 is 76.0.